The summed E-state index contributed by atoms with van der Waals surface area (Å²) < 4.78 is 0.720. The maximum absolute atomic E-state index is 12.4. The van der Waals surface area contributed by atoms with Crippen molar-refractivity contribution in [1.82, 2.24) is 9.88 Å². The zero-order valence-corrected chi connectivity index (χ0v) is 13.9. The summed E-state index contributed by atoms with van der Waals surface area (Å²) in [5.74, 6) is 0.107. The van der Waals surface area contributed by atoms with E-state index in [9.17, 15) is 9.59 Å². The number of hydrogen-bond acceptors (Lipinski definition) is 3. The highest BCUT2D eigenvalue weighted by atomic mass is 79.9. The fourth-order valence-corrected chi connectivity index (χ4v) is 3.25. The number of pyridine rings is 1. The first-order valence-corrected chi connectivity index (χ1v) is 8.14. The minimum Gasteiger partial charge on any atom is -0.329 e. The first-order valence-electron chi connectivity index (χ1n) is 7.35. The van der Waals surface area contributed by atoms with Gasteiger partial charge in [0.15, 0.2) is 0 Å². The molecule has 3 rings (SSSR count). The maximum Gasteiger partial charge on any atom is 0.255 e. The van der Waals surface area contributed by atoms with E-state index < -0.39 is 0 Å². The summed E-state index contributed by atoms with van der Waals surface area (Å²) in [5, 5.41) is 4.40. The Labute approximate surface area is 136 Å². The number of aromatic nitrogens is 1. The van der Waals surface area contributed by atoms with Gasteiger partial charge in [0.25, 0.3) is 5.56 Å². The summed E-state index contributed by atoms with van der Waals surface area (Å²) in [5.41, 5.74) is 0.577. The molecule has 0 spiro atoms. The number of halogens is 1. The van der Waals surface area contributed by atoms with Crippen LogP contribution in [0.25, 0.3) is 10.8 Å². The van der Waals surface area contributed by atoms with Gasteiger partial charge in [-0.15, -0.1) is 0 Å². The molecule has 2 N–H and O–H groups in total. The lowest BCUT2D eigenvalue weighted by atomic mass is 9.96. The largest absolute Gasteiger partial charge is 0.329 e. The van der Waals surface area contributed by atoms with Gasteiger partial charge in [0.1, 0.15) is 0 Å². The summed E-state index contributed by atoms with van der Waals surface area (Å²) in [7, 11) is 2.07. The monoisotopic (exact) mass is 363 g/mol. The standard InChI is InChI=1S/C16H18BrN3O2/c1-20-6-3-10(4-7-20)15(21)19-14-8-11-2-5-18-16(22)12(11)9-13(14)17/h2,5,8-10H,3-4,6-7H2,1H3,(H,18,22)(H,19,21). The van der Waals surface area contributed by atoms with Crippen LogP contribution in [0.2, 0.25) is 0 Å². The number of amides is 1. The molecule has 0 aliphatic carbocycles. The minimum atomic E-state index is -0.133. The number of carbonyl (C=O) groups excluding carboxylic acids is 1. The van der Waals surface area contributed by atoms with Gasteiger partial charge in [0.2, 0.25) is 5.91 Å². The Hall–Kier alpha value is -1.66. The molecule has 2 aromatic rings. The van der Waals surface area contributed by atoms with Gasteiger partial charge in [-0.2, -0.15) is 0 Å². The number of benzene rings is 1. The first kappa shape index (κ1) is 15.2. The fraction of sp³-hybridized carbons (Fsp3) is 0.375. The number of nitrogens with one attached hydrogen (secondary N) is 2. The van der Waals surface area contributed by atoms with Crippen LogP contribution >= 0.6 is 15.9 Å². The molecule has 1 saturated heterocycles. The molecule has 1 aromatic carbocycles. The van der Waals surface area contributed by atoms with Crippen molar-refractivity contribution in [1.29, 1.82) is 0 Å². The van der Waals surface area contributed by atoms with E-state index in [1.54, 1.807) is 12.3 Å². The van der Waals surface area contributed by atoms with Gasteiger partial charge in [0.05, 0.1) is 5.69 Å². The van der Waals surface area contributed by atoms with Gasteiger partial charge in [0, 0.05) is 22.0 Å². The lowest BCUT2D eigenvalue weighted by Crippen LogP contribution is -2.35. The molecule has 116 valence electrons. The number of anilines is 1. The Balaban J connectivity index is 1.83. The summed E-state index contributed by atoms with van der Waals surface area (Å²) in [4.78, 5) is 29.1. The van der Waals surface area contributed by atoms with Crippen LogP contribution in [0.4, 0.5) is 5.69 Å². The molecular formula is C16H18BrN3O2. The van der Waals surface area contributed by atoms with Gasteiger partial charge < -0.3 is 15.2 Å². The van der Waals surface area contributed by atoms with E-state index in [1.165, 1.54) is 0 Å². The van der Waals surface area contributed by atoms with Gasteiger partial charge in [-0.25, -0.2) is 0 Å². The number of hydrogen-bond donors (Lipinski definition) is 2. The zero-order chi connectivity index (χ0) is 15.7. The van der Waals surface area contributed by atoms with Crippen LogP contribution in [-0.2, 0) is 4.79 Å². The van der Waals surface area contributed by atoms with E-state index in [2.05, 4.69) is 38.2 Å². The number of likely N-dealkylation sites (tertiary alicyclic amines) is 1. The second-order valence-electron chi connectivity index (χ2n) is 5.79. The molecule has 0 radical (unpaired) electrons. The summed E-state index contributed by atoms with van der Waals surface area (Å²) in [6.45, 7) is 1.90. The summed E-state index contributed by atoms with van der Waals surface area (Å²) >= 11 is 3.44. The molecule has 5 nitrogen and oxygen atoms in total. The second kappa shape index (κ2) is 6.22. The third-order valence-electron chi connectivity index (χ3n) is 4.21. The number of piperidine rings is 1. The Kier molecular flexibility index (Phi) is 4.31. The van der Waals surface area contributed by atoms with Gasteiger partial charge in [-0.3, -0.25) is 9.59 Å². The molecule has 0 atom stereocenters. The predicted octanol–water partition coefficient (Wildman–Crippen LogP) is 2.57. The molecular weight excluding hydrogens is 346 g/mol. The Morgan fingerprint density at radius 2 is 2.09 bits per heavy atom. The first-order chi connectivity index (χ1) is 10.5. The average Bonchev–Trinajstić information content (AvgIpc) is 2.50. The van der Waals surface area contributed by atoms with Crippen LogP contribution in [0.5, 0.6) is 0 Å². The number of nitrogens with zero attached hydrogens (tertiary/aromatic N) is 1. The number of aromatic amines is 1. The van der Waals surface area contributed by atoms with E-state index in [1.807, 2.05) is 12.1 Å². The molecule has 1 fully saturated rings. The van der Waals surface area contributed by atoms with Crippen molar-refractivity contribution >= 4 is 38.3 Å². The van der Waals surface area contributed by atoms with Crippen LogP contribution < -0.4 is 10.9 Å². The minimum absolute atomic E-state index is 0.0537. The third-order valence-corrected chi connectivity index (χ3v) is 4.86. The zero-order valence-electron chi connectivity index (χ0n) is 12.4. The highest BCUT2D eigenvalue weighted by Gasteiger charge is 2.23. The van der Waals surface area contributed by atoms with Crippen molar-refractivity contribution in [3.05, 3.63) is 39.2 Å². The van der Waals surface area contributed by atoms with E-state index in [0.29, 0.717) is 11.1 Å². The quantitative estimate of drug-likeness (QED) is 0.861. The fourth-order valence-electron chi connectivity index (χ4n) is 2.81. The van der Waals surface area contributed by atoms with Crippen molar-refractivity contribution in [3.8, 4) is 0 Å². The Bertz CT molecular complexity index is 764. The van der Waals surface area contributed by atoms with Gasteiger partial charge in [-0.05, 0) is 72.5 Å². The van der Waals surface area contributed by atoms with Gasteiger partial charge >= 0.3 is 0 Å². The van der Waals surface area contributed by atoms with Crippen molar-refractivity contribution in [2.45, 2.75) is 12.8 Å². The third kappa shape index (κ3) is 3.08. The van der Waals surface area contributed by atoms with Crippen LogP contribution in [0.1, 0.15) is 12.8 Å². The number of rotatable bonds is 2. The predicted molar refractivity (Wildman–Crippen MR) is 91.1 cm³/mol. The van der Waals surface area contributed by atoms with E-state index in [0.717, 1.165) is 35.8 Å². The Morgan fingerprint density at radius 3 is 2.82 bits per heavy atom. The molecule has 0 unspecified atom stereocenters. The molecule has 2 heterocycles. The molecule has 1 aromatic heterocycles. The van der Waals surface area contributed by atoms with Crippen LogP contribution in [0.15, 0.2) is 33.7 Å². The smallest absolute Gasteiger partial charge is 0.255 e. The molecule has 0 saturated carbocycles. The van der Waals surface area contributed by atoms with Crippen molar-refractivity contribution in [2.75, 3.05) is 25.5 Å². The maximum atomic E-state index is 12.4. The number of fused-ring (bicyclic) bond motifs is 1. The Morgan fingerprint density at radius 1 is 1.36 bits per heavy atom. The summed E-state index contributed by atoms with van der Waals surface area (Å²) in [6, 6.07) is 5.41. The van der Waals surface area contributed by atoms with E-state index in [4.69, 9.17) is 0 Å². The number of H-pyrrole nitrogens is 1. The van der Waals surface area contributed by atoms with Crippen molar-refractivity contribution < 1.29 is 4.79 Å². The molecule has 0 bridgehead atoms. The normalized spacial score (nSPS) is 16.8. The summed E-state index contributed by atoms with van der Waals surface area (Å²) in [6.07, 6.45) is 3.38. The molecule has 1 aliphatic rings. The van der Waals surface area contributed by atoms with Gasteiger partial charge in [-0.1, -0.05) is 0 Å². The second-order valence-corrected chi connectivity index (χ2v) is 6.65. The van der Waals surface area contributed by atoms with E-state index in [-0.39, 0.29) is 17.4 Å². The van der Waals surface area contributed by atoms with Crippen LogP contribution in [-0.4, -0.2) is 35.9 Å². The van der Waals surface area contributed by atoms with Crippen LogP contribution in [0.3, 0.4) is 0 Å². The van der Waals surface area contributed by atoms with Crippen molar-refractivity contribution in [2.24, 2.45) is 5.92 Å². The van der Waals surface area contributed by atoms with E-state index >= 15 is 0 Å². The van der Waals surface area contributed by atoms with Crippen LogP contribution in [0, 0.1) is 5.92 Å². The lowest BCUT2D eigenvalue weighted by Gasteiger charge is -2.28. The highest BCUT2D eigenvalue weighted by molar-refractivity contribution is 9.10. The number of carbonyl (C=O) groups is 1. The topological polar surface area (TPSA) is 65.2 Å². The molecule has 1 amide bonds. The lowest BCUT2D eigenvalue weighted by molar-refractivity contribution is -0.121. The SMILES string of the molecule is CN1CCC(C(=O)Nc2cc3cc[nH]c(=O)c3cc2Br)CC1. The molecule has 22 heavy (non-hydrogen) atoms. The molecule has 6 heteroatoms. The van der Waals surface area contributed by atoms with Crippen molar-refractivity contribution in [3.63, 3.8) is 0 Å². The average molecular weight is 364 g/mol. The highest BCUT2D eigenvalue weighted by Crippen LogP contribution is 2.28. The molecule has 1 aliphatic heterocycles.